The summed E-state index contributed by atoms with van der Waals surface area (Å²) in [4.78, 5) is 16.6. The molecule has 3 rings (SSSR count). The van der Waals surface area contributed by atoms with Crippen molar-refractivity contribution in [1.29, 1.82) is 0 Å². The van der Waals surface area contributed by atoms with Crippen LogP contribution in [-0.4, -0.2) is 32.6 Å². The minimum absolute atomic E-state index is 0.129. The Morgan fingerprint density at radius 2 is 1.82 bits per heavy atom. The molecular weight excluding hydrogens is 438 g/mol. The van der Waals surface area contributed by atoms with Crippen molar-refractivity contribution in [3.05, 3.63) is 83.7 Å². The van der Waals surface area contributed by atoms with Gasteiger partial charge in [0, 0.05) is 30.7 Å². The van der Waals surface area contributed by atoms with Gasteiger partial charge in [-0.15, -0.1) is 0 Å². The third-order valence-corrected chi connectivity index (χ3v) is 6.38. The van der Waals surface area contributed by atoms with Crippen LogP contribution in [0.3, 0.4) is 0 Å². The molecule has 0 atom stereocenters. The lowest BCUT2D eigenvalue weighted by Crippen LogP contribution is -2.25. The molecular formula is C25H29N3O4S. The van der Waals surface area contributed by atoms with E-state index in [4.69, 9.17) is 4.74 Å². The Bertz CT molecular complexity index is 1190. The van der Waals surface area contributed by atoms with Crippen LogP contribution in [0.25, 0.3) is 0 Å². The Morgan fingerprint density at radius 1 is 1.09 bits per heavy atom. The van der Waals surface area contributed by atoms with Gasteiger partial charge >= 0.3 is 0 Å². The molecule has 0 aliphatic heterocycles. The molecule has 1 amide bonds. The molecule has 0 saturated heterocycles. The van der Waals surface area contributed by atoms with Crippen molar-refractivity contribution >= 4 is 27.3 Å². The van der Waals surface area contributed by atoms with Crippen molar-refractivity contribution in [2.75, 3.05) is 22.9 Å². The van der Waals surface area contributed by atoms with Gasteiger partial charge in [0.15, 0.2) is 0 Å². The third-order valence-electron chi connectivity index (χ3n) is 5.19. The number of sulfonamides is 1. The maximum atomic E-state index is 12.4. The van der Waals surface area contributed by atoms with Gasteiger partial charge in [-0.3, -0.25) is 14.1 Å². The fourth-order valence-electron chi connectivity index (χ4n) is 3.18. The second-order valence-corrected chi connectivity index (χ2v) is 10.2. The van der Waals surface area contributed by atoms with E-state index in [-0.39, 0.29) is 18.9 Å². The minimum Gasteiger partial charge on any atom is -0.487 e. The summed E-state index contributed by atoms with van der Waals surface area (Å²) < 4.78 is 31.4. The van der Waals surface area contributed by atoms with Gasteiger partial charge in [0.25, 0.3) is 0 Å². The number of anilines is 2. The van der Waals surface area contributed by atoms with E-state index in [1.165, 1.54) is 12.6 Å². The number of hydrogen-bond donors (Lipinski definition) is 1. The van der Waals surface area contributed by atoms with Crippen molar-refractivity contribution in [2.45, 2.75) is 32.8 Å². The Kier molecular flexibility index (Phi) is 7.71. The van der Waals surface area contributed by atoms with E-state index >= 15 is 0 Å². The van der Waals surface area contributed by atoms with Crippen molar-refractivity contribution in [3.63, 3.8) is 0 Å². The summed E-state index contributed by atoms with van der Waals surface area (Å²) in [6.07, 6.45) is 2.90. The fourth-order valence-corrected chi connectivity index (χ4v) is 3.69. The van der Waals surface area contributed by atoms with Gasteiger partial charge in [-0.2, -0.15) is 0 Å². The molecule has 3 aromatic rings. The van der Waals surface area contributed by atoms with E-state index in [0.29, 0.717) is 28.7 Å². The zero-order chi connectivity index (χ0) is 24.0. The van der Waals surface area contributed by atoms with Gasteiger partial charge in [0.1, 0.15) is 12.4 Å². The van der Waals surface area contributed by atoms with Crippen LogP contribution >= 0.6 is 0 Å². The molecule has 1 N–H and O–H groups in total. The van der Waals surface area contributed by atoms with Gasteiger partial charge in [-0.05, 0) is 41.3 Å². The molecule has 33 heavy (non-hydrogen) atoms. The SMILES string of the molecule is CC(C)c1ccc(COc2cc(NC(=O)Cc3ccccn3)ccc2N(C)S(C)(=O)=O)cc1. The highest BCUT2D eigenvalue weighted by Gasteiger charge is 2.18. The number of nitrogens with zero attached hydrogens (tertiary/aromatic N) is 2. The second kappa shape index (κ2) is 10.5. The lowest BCUT2D eigenvalue weighted by Gasteiger charge is -2.21. The monoisotopic (exact) mass is 467 g/mol. The number of rotatable bonds is 9. The first-order valence-corrected chi connectivity index (χ1v) is 12.5. The molecule has 7 nitrogen and oxygen atoms in total. The molecule has 0 spiro atoms. The number of aromatic nitrogens is 1. The second-order valence-electron chi connectivity index (χ2n) is 8.14. The molecule has 174 valence electrons. The Morgan fingerprint density at radius 3 is 2.42 bits per heavy atom. The normalized spacial score (nSPS) is 11.3. The summed E-state index contributed by atoms with van der Waals surface area (Å²) in [7, 11) is -2.03. The summed E-state index contributed by atoms with van der Waals surface area (Å²) in [6.45, 7) is 4.52. The van der Waals surface area contributed by atoms with Crippen molar-refractivity contribution < 1.29 is 17.9 Å². The Hall–Kier alpha value is -3.39. The molecule has 0 aliphatic rings. The van der Waals surface area contributed by atoms with E-state index in [1.54, 1.807) is 36.5 Å². The molecule has 0 aliphatic carbocycles. The zero-order valence-corrected chi connectivity index (χ0v) is 20.1. The number of carbonyl (C=O) groups is 1. The minimum atomic E-state index is -3.50. The predicted octanol–water partition coefficient (Wildman–Crippen LogP) is 4.36. The zero-order valence-electron chi connectivity index (χ0n) is 19.3. The molecule has 0 radical (unpaired) electrons. The largest absolute Gasteiger partial charge is 0.487 e. The van der Waals surface area contributed by atoms with Gasteiger partial charge in [-0.1, -0.05) is 44.2 Å². The molecule has 0 unspecified atom stereocenters. The highest BCUT2D eigenvalue weighted by atomic mass is 32.2. The van der Waals surface area contributed by atoms with Crippen LogP contribution in [0.5, 0.6) is 5.75 Å². The van der Waals surface area contributed by atoms with E-state index in [9.17, 15) is 13.2 Å². The van der Waals surface area contributed by atoms with Crippen LogP contribution in [0, 0.1) is 0 Å². The summed E-state index contributed by atoms with van der Waals surface area (Å²) in [6, 6.07) is 18.4. The quantitative estimate of drug-likeness (QED) is 0.505. The maximum absolute atomic E-state index is 12.4. The summed E-state index contributed by atoms with van der Waals surface area (Å²) >= 11 is 0. The van der Waals surface area contributed by atoms with E-state index in [1.807, 2.05) is 18.2 Å². The van der Waals surface area contributed by atoms with Crippen LogP contribution in [0.15, 0.2) is 66.9 Å². The maximum Gasteiger partial charge on any atom is 0.232 e. The number of carbonyl (C=O) groups excluding carboxylic acids is 1. The lowest BCUT2D eigenvalue weighted by molar-refractivity contribution is -0.115. The van der Waals surface area contributed by atoms with E-state index in [2.05, 4.69) is 36.3 Å². The van der Waals surface area contributed by atoms with Gasteiger partial charge in [0.05, 0.1) is 18.4 Å². The molecule has 0 fully saturated rings. The number of amides is 1. The van der Waals surface area contributed by atoms with Crippen molar-refractivity contribution in [3.8, 4) is 5.75 Å². The van der Waals surface area contributed by atoms with Crippen LogP contribution in [0.2, 0.25) is 0 Å². The number of benzene rings is 2. The van der Waals surface area contributed by atoms with E-state index in [0.717, 1.165) is 16.1 Å². The average molecular weight is 468 g/mol. The van der Waals surface area contributed by atoms with Crippen LogP contribution in [0.1, 0.15) is 36.6 Å². The topological polar surface area (TPSA) is 88.6 Å². The summed E-state index contributed by atoms with van der Waals surface area (Å²) in [5, 5.41) is 2.83. The molecule has 8 heteroatoms. The Labute approximate surface area is 195 Å². The van der Waals surface area contributed by atoms with Crippen molar-refractivity contribution in [1.82, 2.24) is 4.98 Å². The molecule has 1 heterocycles. The highest BCUT2D eigenvalue weighted by Crippen LogP contribution is 2.33. The average Bonchev–Trinajstić information content (AvgIpc) is 2.77. The van der Waals surface area contributed by atoms with E-state index < -0.39 is 10.0 Å². The van der Waals surface area contributed by atoms with Gasteiger partial charge in [-0.25, -0.2) is 8.42 Å². The number of nitrogens with one attached hydrogen (secondary N) is 1. The molecule has 0 bridgehead atoms. The Balaban J connectivity index is 1.80. The number of hydrogen-bond acceptors (Lipinski definition) is 5. The first-order chi connectivity index (χ1) is 15.6. The third kappa shape index (κ3) is 6.79. The molecule has 0 saturated carbocycles. The highest BCUT2D eigenvalue weighted by molar-refractivity contribution is 7.92. The van der Waals surface area contributed by atoms with Crippen LogP contribution in [0.4, 0.5) is 11.4 Å². The summed E-state index contributed by atoms with van der Waals surface area (Å²) in [5.74, 6) is 0.556. The van der Waals surface area contributed by atoms with Crippen molar-refractivity contribution in [2.24, 2.45) is 0 Å². The van der Waals surface area contributed by atoms with Crippen LogP contribution in [-0.2, 0) is 27.8 Å². The van der Waals surface area contributed by atoms with Gasteiger partial charge in [0.2, 0.25) is 15.9 Å². The molecule has 2 aromatic carbocycles. The first-order valence-electron chi connectivity index (χ1n) is 10.6. The fraction of sp³-hybridized carbons (Fsp3) is 0.280. The smallest absolute Gasteiger partial charge is 0.232 e. The predicted molar refractivity (Wildman–Crippen MR) is 131 cm³/mol. The first kappa shape index (κ1) is 24.3. The van der Waals surface area contributed by atoms with Gasteiger partial charge < -0.3 is 10.1 Å². The lowest BCUT2D eigenvalue weighted by atomic mass is 10.0. The van der Waals surface area contributed by atoms with Crippen LogP contribution < -0.4 is 14.4 Å². The standard InChI is InChI=1S/C25H29N3O4S/c1-18(2)20-10-8-19(9-11-20)17-32-24-15-22(12-13-23(24)28(3)33(4,30)31)27-25(29)16-21-7-5-6-14-26-21/h5-15,18H,16-17H2,1-4H3,(H,27,29). The number of ether oxygens (including phenoxy) is 1. The number of pyridine rings is 1. The summed E-state index contributed by atoms with van der Waals surface area (Å²) in [5.41, 5.74) is 3.74. The molecule has 1 aromatic heterocycles.